The van der Waals surface area contributed by atoms with E-state index in [4.69, 9.17) is 5.10 Å². The largest absolute Gasteiger partial charge is 0.352 e. The van der Waals surface area contributed by atoms with Crippen LogP contribution in [0.3, 0.4) is 0 Å². The molecule has 25 heavy (non-hydrogen) atoms. The molecule has 0 radical (unpaired) electrons. The van der Waals surface area contributed by atoms with Crippen molar-refractivity contribution in [3.8, 4) is 5.69 Å². The third-order valence-corrected chi connectivity index (χ3v) is 4.29. The van der Waals surface area contributed by atoms with Crippen molar-refractivity contribution in [1.29, 1.82) is 0 Å². The molecule has 0 aliphatic carbocycles. The Morgan fingerprint density at radius 3 is 2.52 bits per heavy atom. The van der Waals surface area contributed by atoms with E-state index in [1.165, 1.54) is 18.4 Å². The highest BCUT2D eigenvalue weighted by Crippen LogP contribution is 2.17. The molecule has 0 atom stereocenters. The molecule has 0 aliphatic rings. The first kappa shape index (κ1) is 21.5. The van der Waals surface area contributed by atoms with Crippen LogP contribution in [0.1, 0.15) is 36.7 Å². The molecule has 1 N–H and O–H groups in total. The minimum absolute atomic E-state index is 0. The van der Waals surface area contributed by atoms with Gasteiger partial charge in [0.2, 0.25) is 0 Å². The number of rotatable bonds is 6. The van der Waals surface area contributed by atoms with Crippen molar-refractivity contribution < 1.29 is 0 Å². The summed E-state index contributed by atoms with van der Waals surface area (Å²) in [5, 5.41) is 8.17. The van der Waals surface area contributed by atoms with Crippen molar-refractivity contribution in [3.63, 3.8) is 0 Å². The van der Waals surface area contributed by atoms with Gasteiger partial charge in [-0.3, -0.25) is 4.99 Å². The Balaban J connectivity index is 0.00000312. The summed E-state index contributed by atoms with van der Waals surface area (Å²) in [6.07, 6.45) is 2.35. The van der Waals surface area contributed by atoms with Crippen LogP contribution >= 0.6 is 24.0 Å². The number of para-hydroxylation sites is 1. The zero-order chi connectivity index (χ0) is 17.5. The van der Waals surface area contributed by atoms with Gasteiger partial charge in [-0.1, -0.05) is 31.5 Å². The maximum atomic E-state index is 4.70. The van der Waals surface area contributed by atoms with Gasteiger partial charge < -0.3 is 10.2 Å². The van der Waals surface area contributed by atoms with Gasteiger partial charge in [-0.05, 0) is 32.4 Å². The molecule has 5 nitrogen and oxygen atoms in total. The van der Waals surface area contributed by atoms with Crippen LogP contribution in [0.2, 0.25) is 0 Å². The lowest BCUT2D eigenvalue weighted by atomic mass is 10.2. The normalized spacial score (nSPS) is 11.2. The Hall–Kier alpha value is -1.57. The Kier molecular flexibility index (Phi) is 8.96. The van der Waals surface area contributed by atoms with E-state index in [2.05, 4.69) is 55.2 Å². The maximum Gasteiger partial charge on any atom is 0.193 e. The Labute approximate surface area is 168 Å². The fraction of sp³-hybridized carbons (Fsp3) is 0.474. The van der Waals surface area contributed by atoms with Gasteiger partial charge in [-0.25, -0.2) is 4.68 Å². The van der Waals surface area contributed by atoms with Gasteiger partial charge in [-0.2, -0.15) is 5.10 Å². The van der Waals surface area contributed by atoms with Crippen molar-refractivity contribution in [2.75, 3.05) is 20.6 Å². The first-order valence-electron chi connectivity index (χ1n) is 8.60. The highest BCUT2D eigenvalue weighted by atomic mass is 127. The minimum Gasteiger partial charge on any atom is -0.352 e. The number of hydrogen-bond donors (Lipinski definition) is 1. The molecule has 1 aromatic carbocycles. The molecule has 0 aliphatic heterocycles. The summed E-state index contributed by atoms with van der Waals surface area (Å²) < 4.78 is 2.01. The summed E-state index contributed by atoms with van der Waals surface area (Å²) in [6, 6.07) is 10.2. The molecule has 0 unspecified atom stereocenters. The van der Waals surface area contributed by atoms with E-state index in [0.29, 0.717) is 0 Å². The summed E-state index contributed by atoms with van der Waals surface area (Å²) in [6.45, 7) is 8.13. The van der Waals surface area contributed by atoms with Crippen LogP contribution in [0.15, 0.2) is 35.3 Å². The van der Waals surface area contributed by atoms with Crippen molar-refractivity contribution in [1.82, 2.24) is 20.0 Å². The van der Waals surface area contributed by atoms with E-state index in [0.717, 1.165) is 36.1 Å². The molecular weight excluding hydrogens is 425 g/mol. The Morgan fingerprint density at radius 2 is 1.92 bits per heavy atom. The molecule has 2 rings (SSSR count). The first-order valence-corrected chi connectivity index (χ1v) is 8.60. The molecule has 0 saturated heterocycles. The molecular formula is C19H30IN5. The van der Waals surface area contributed by atoms with Crippen LogP contribution in [-0.4, -0.2) is 41.3 Å². The van der Waals surface area contributed by atoms with Crippen LogP contribution in [0.4, 0.5) is 0 Å². The highest BCUT2D eigenvalue weighted by Gasteiger charge is 2.14. The van der Waals surface area contributed by atoms with Crippen molar-refractivity contribution >= 4 is 29.9 Å². The monoisotopic (exact) mass is 455 g/mol. The Bertz CT molecular complexity index is 679. The molecule has 1 aromatic heterocycles. The summed E-state index contributed by atoms with van der Waals surface area (Å²) in [5.74, 6) is 0.926. The lowest BCUT2D eigenvalue weighted by Gasteiger charge is -2.22. The third-order valence-electron chi connectivity index (χ3n) is 4.29. The maximum absolute atomic E-state index is 4.70. The first-order chi connectivity index (χ1) is 11.6. The Morgan fingerprint density at radius 1 is 1.24 bits per heavy atom. The zero-order valence-electron chi connectivity index (χ0n) is 15.9. The van der Waals surface area contributed by atoms with Gasteiger partial charge in [0.25, 0.3) is 0 Å². The van der Waals surface area contributed by atoms with E-state index in [1.54, 1.807) is 0 Å². The van der Waals surface area contributed by atoms with Crippen LogP contribution in [-0.2, 0) is 6.54 Å². The second-order valence-electron chi connectivity index (χ2n) is 6.07. The fourth-order valence-corrected chi connectivity index (χ4v) is 2.80. The van der Waals surface area contributed by atoms with Crippen LogP contribution in [0.25, 0.3) is 5.69 Å². The summed E-state index contributed by atoms with van der Waals surface area (Å²) in [4.78, 5) is 6.56. The van der Waals surface area contributed by atoms with Gasteiger partial charge in [0.15, 0.2) is 5.96 Å². The lowest BCUT2D eigenvalue weighted by Crippen LogP contribution is -2.39. The van der Waals surface area contributed by atoms with E-state index in [9.17, 15) is 0 Å². The van der Waals surface area contributed by atoms with E-state index >= 15 is 0 Å². The number of unbranched alkanes of at least 4 members (excludes halogenated alkanes) is 1. The molecule has 2 aromatic rings. The molecule has 0 saturated carbocycles. The summed E-state index contributed by atoms with van der Waals surface area (Å²) >= 11 is 0. The fourth-order valence-electron chi connectivity index (χ4n) is 2.80. The quantitative estimate of drug-likeness (QED) is 0.408. The van der Waals surface area contributed by atoms with Crippen molar-refractivity contribution in [2.24, 2.45) is 4.99 Å². The standard InChI is InChI=1S/C19H29N5.HI/c1-6-7-13-23(5)19(20-4)21-14-18-15(2)22-24(16(18)3)17-11-9-8-10-12-17;/h8-12H,6-7,13-14H2,1-5H3,(H,20,21);1H. The zero-order valence-corrected chi connectivity index (χ0v) is 18.2. The minimum atomic E-state index is 0. The van der Waals surface area contributed by atoms with Crippen LogP contribution in [0, 0.1) is 13.8 Å². The predicted molar refractivity (Wildman–Crippen MR) is 116 cm³/mol. The molecule has 0 amide bonds. The lowest BCUT2D eigenvalue weighted by molar-refractivity contribution is 0.464. The molecule has 0 bridgehead atoms. The number of nitrogens with one attached hydrogen (secondary N) is 1. The number of aryl methyl sites for hydroxylation is 1. The average Bonchev–Trinajstić information content (AvgIpc) is 2.89. The van der Waals surface area contributed by atoms with Gasteiger partial charge in [0.05, 0.1) is 11.4 Å². The van der Waals surface area contributed by atoms with Crippen molar-refractivity contribution in [2.45, 2.75) is 40.2 Å². The number of halogens is 1. The number of benzene rings is 1. The molecule has 138 valence electrons. The highest BCUT2D eigenvalue weighted by molar-refractivity contribution is 14.0. The van der Waals surface area contributed by atoms with E-state index < -0.39 is 0 Å². The predicted octanol–water partition coefficient (Wildman–Crippen LogP) is 3.91. The number of hydrogen-bond acceptors (Lipinski definition) is 2. The smallest absolute Gasteiger partial charge is 0.193 e. The molecule has 0 fully saturated rings. The van der Waals surface area contributed by atoms with Gasteiger partial charge >= 0.3 is 0 Å². The van der Waals surface area contributed by atoms with Crippen LogP contribution in [0.5, 0.6) is 0 Å². The van der Waals surface area contributed by atoms with E-state index in [1.807, 2.05) is 29.9 Å². The molecule has 1 heterocycles. The SMILES string of the molecule is CCCCN(C)C(=NC)NCc1c(C)nn(-c2ccccc2)c1C.I. The van der Waals surface area contributed by atoms with Gasteiger partial charge in [0, 0.05) is 38.4 Å². The second-order valence-corrected chi connectivity index (χ2v) is 6.07. The van der Waals surface area contributed by atoms with E-state index in [-0.39, 0.29) is 24.0 Å². The summed E-state index contributed by atoms with van der Waals surface area (Å²) in [5.41, 5.74) is 4.53. The topological polar surface area (TPSA) is 45.4 Å². The van der Waals surface area contributed by atoms with Gasteiger partial charge in [-0.15, -0.1) is 24.0 Å². The van der Waals surface area contributed by atoms with Crippen molar-refractivity contribution in [3.05, 3.63) is 47.3 Å². The average molecular weight is 455 g/mol. The molecule has 0 spiro atoms. The third kappa shape index (κ3) is 5.45. The number of aliphatic imine (C=N–C) groups is 1. The van der Waals surface area contributed by atoms with Crippen LogP contribution < -0.4 is 5.32 Å². The molecule has 6 heteroatoms. The second kappa shape index (κ2) is 10.4. The number of guanidine groups is 1. The number of aromatic nitrogens is 2. The summed E-state index contributed by atoms with van der Waals surface area (Å²) in [7, 11) is 3.91. The van der Waals surface area contributed by atoms with Gasteiger partial charge in [0.1, 0.15) is 0 Å². The number of nitrogens with zero attached hydrogens (tertiary/aromatic N) is 4.